The predicted octanol–water partition coefficient (Wildman–Crippen LogP) is 1.77. The highest BCUT2D eigenvalue weighted by molar-refractivity contribution is 5.78. The van der Waals surface area contributed by atoms with E-state index in [0.29, 0.717) is 0 Å². The molecular weight excluding hydrogens is 427 g/mol. The number of aromatic nitrogens is 3. The second-order valence-electron chi connectivity index (χ2n) is 6.72. The summed E-state index contributed by atoms with van der Waals surface area (Å²) in [7, 11) is 0. The van der Waals surface area contributed by atoms with E-state index in [1.165, 1.54) is 12.1 Å². The first-order valence-electron chi connectivity index (χ1n) is 9.03. The normalized spacial score (nSPS) is 23.5. The van der Waals surface area contributed by atoms with Crippen molar-refractivity contribution in [1.82, 2.24) is 15.0 Å². The molecule has 2 heterocycles. The number of halogens is 3. The average molecular weight is 445 g/mol. The van der Waals surface area contributed by atoms with Crippen LogP contribution in [0.2, 0.25) is 0 Å². The molecule has 10 nitrogen and oxygen atoms in total. The number of benzene rings is 1. The van der Waals surface area contributed by atoms with Crippen molar-refractivity contribution in [2.75, 3.05) is 6.61 Å². The maximum absolute atomic E-state index is 13.3. The summed E-state index contributed by atoms with van der Waals surface area (Å²) in [6.07, 6.45) is -9.56. The second kappa shape index (κ2) is 8.49. The summed E-state index contributed by atoms with van der Waals surface area (Å²) >= 11 is 0. The number of ether oxygens (including phenoxy) is 4. The highest BCUT2D eigenvalue weighted by Gasteiger charge is 2.51. The molecule has 1 saturated heterocycles. The molecule has 0 N–H and O–H groups in total. The topological polar surface area (TPSA) is 119 Å². The number of carbonyl (C=O) groups excluding carboxylic acids is 3. The number of hydrogen-bond acceptors (Lipinski definition) is 9. The lowest BCUT2D eigenvalue weighted by molar-refractivity contribution is -0.166. The van der Waals surface area contributed by atoms with Crippen LogP contribution in [0.1, 0.15) is 32.6 Å². The highest BCUT2D eigenvalue weighted by Crippen LogP contribution is 2.38. The first-order valence-corrected chi connectivity index (χ1v) is 9.03. The van der Waals surface area contributed by atoms with Gasteiger partial charge < -0.3 is 18.9 Å². The number of hydrogen-bond donors (Lipinski definition) is 0. The molecule has 3 rings (SSSR count). The van der Waals surface area contributed by atoms with Crippen molar-refractivity contribution < 1.29 is 46.5 Å². The lowest BCUT2D eigenvalue weighted by Gasteiger charge is -2.23. The van der Waals surface area contributed by atoms with E-state index in [-0.39, 0.29) is 12.1 Å². The van der Waals surface area contributed by atoms with Crippen LogP contribution in [0.25, 0.3) is 11.0 Å². The number of nitrogens with zero attached hydrogens (tertiary/aromatic N) is 3. The van der Waals surface area contributed by atoms with Crippen LogP contribution in [0.4, 0.5) is 13.2 Å². The number of fused-ring (bicyclic) bond motifs is 1. The molecule has 0 radical (unpaired) electrons. The minimum absolute atomic E-state index is 0.0494. The van der Waals surface area contributed by atoms with Gasteiger partial charge in [-0.15, -0.1) is 5.10 Å². The van der Waals surface area contributed by atoms with E-state index in [1.54, 1.807) is 0 Å². The molecule has 1 fully saturated rings. The van der Waals surface area contributed by atoms with Crippen molar-refractivity contribution in [2.45, 2.75) is 51.5 Å². The van der Waals surface area contributed by atoms with Gasteiger partial charge in [-0.1, -0.05) is 11.3 Å². The van der Waals surface area contributed by atoms with Gasteiger partial charge in [0.15, 0.2) is 18.4 Å². The van der Waals surface area contributed by atoms with E-state index >= 15 is 0 Å². The van der Waals surface area contributed by atoms with E-state index in [0.717, 1.165) is 31.5 Å². The Morgan fingerprint density at radius 3 is 2.29 bits per heavy atom. The van der Waals surface area contributed by atoms with Gasteiger partial charge in [0, 0.05) is 20.8 Å². The van der Waals surface area contributed by atoms with Crippen molar-refractivity contribution >= 4 is 28.9 Å². The zero-order valence-corrected chi connectivity index (χ0v) is 16.6. The Morgan fingerprint density at radius 2 is 1.71 bits per heavy atom. The maximum Gasteiger partial charge on any atom is 0.418 e. The van der Waals surface area contributed by atoms with Gasteiger partial charge >= 0.3 is 24.1 Å². The van der Waals surface area contributed by atoms with Crippen LogP contribution in [0.15, 0.2) is 18.2 Å². The van der Waals surface area contributed by atoms with Gasteiger partial charge in [-0.25, -0.2) is 4.68 Å². The molecule has 1 aromatic heterocycles. The van der Waals surface area contributed by atoms with Crippen molar-refractivity contribution in [3.8, 4) is 0 Å². The molecule has 2 aromatic rings. The number of rotatable bonds is 5. The fraction of sp³-hybridized carbons (Fsp3) is 0.500. The number of carbonyl (C=O) groups is 3. The van der Waals surface area contributed by atoms with Crippen LogP contribution in [-0.2, 0) is 39.5 Å². The van der Waals surface area contributed by atoms with Gasteiger partial charge in [-0.2, -0.15) is 13.2 Å². The lowest BCUT2D eigenvalue weighted by atomic mass is 10.1. The fourth-order valence-corrected chi connectivity index (χ4v) is 3.27. The van der Waals surface area contributed by atoms with Crippen LogP contribution < -0.4 is 0 Å². The number of alkyl halides is 3. The Bertz CT molecular complexity index is 1010. The van der Waals surface area contributed by atoms with E-state index in [9.17, 15) is 27.6 Å². The predicted molar refractivity (Wildman–Crippen MR) is 94.2 cm³/mol. The standard InChI is InChI=1S/C18H18F3N3O7/c1-8(25)28-7-13-15(29-9(2)26)16(30-10(3)27)17(31-13)24-12-6-4-5-11(18(19,20)21)14(12)22-23-24/h4-6,13,15-17H,7H2,1-3H3/t13-,15-,16-,17-/m1/s1. The molecule has 0 bridgehead atoms. The minimum atomic E-state index is -4.68. The largest absolute Gasteiger partial charge is 0.463 e. The second-order valence-corrected chi connectivity index (χ2v) is 6.72. The molecule has 31 heavy (non-hydrogen) atoms. The molecule has 0 amide bonds. The summed E-state index contributed by atoms with van der Waals surface area (Å²) in [6, 6.07) is 3.35. The van der Waals surface area contributed by atoms with E-state index < -0.39 is 59.7 Å². The molecule has 1 aromatic carbocycles. The van der Waals surface area contributed by atoms with Gasteiger partial charge in [-0.3, -0.25) is 14.4 Å². The monoisotopic (exact) mass is 445 g/mol. The third kappa shape index (κ3) is 4.76. The first kappa shape index (κ1) is 22.5. The number of esters is 3. The third-order valence-electron chi connectivity index (χ3n) is 4.39. The molecule has 1 aliphatic heterocycles. The Balaban J connectivity index is 2.06. The average Bonchev–Trinajstić information content (AvgIpc) is 3.20. The van der Waals surface area contributed by atoms with Crippen molar-refractivity contribution in [3.05, 3.63) is 23.8 Å². The molecule has 13 heteroatoms. The smallest absolute Gasteiger partial charge is 0.418 e. The molecule has 0 unspecified atom stereocenters. The fourth-order valence-electron chi connectivity index (χ4n) is 3.27. The Morgan fingerprint density at radius 1 is 1.06 bits per heavy atom. The van der Waals surface area contributed by atoms with Gasteiger partial charge in [0.05, 0.1) is 11.1 Å². The lowest BCUT2D eigenvalue weighted by Crippen LogP contribution is -2.40. The Hall–Kier alpha value is -3.22. The molecule has 0 aliphatic carbocycles. The van der Waals surface area contributed by atoms with Crippen molar-refractivity contribution in [3.63, 3.8) is 0 Å². The molecule has 1 aliphatic rings. The molecule has 168 valence electrons. The van der Waals surface area contributed by atoms with E-state index in [4.69, 9.17) is 18.9 Å². The summed E-state index contributed by atoms with van der Waals surface area (Å²) in [5, 5.41) is 7.36. The van der Waals surface area contributed by atoms with Gasteiger partial charge in [0.25, 0.3) is 0 Å². The summed E-state index contributed by atoms with van der Waals surface area (Å²) in [6.45, 7) is 3.01. The van der Waals surface area contributed by atoms with Crippen LogP contribution in [0.5, 0.6) is 0 Å². The highest BCUT2D eigenvalue weighted by atomic mass is 19.4. The van der Waals surface area contributed by atoms with Crippen LogP contribution >= 0.6 is 0 Å². The quantitative estimate of drug-likeness (QED) is 0.501. The summed E-state index contributed by atoms with van der Waals surface area (Å²) in [5.41, 5.74) is -1.49. The van der Waals surface area contributed by atoms with Crippen LogP contribution in [0.3, 0.4) is 0 Å². The van der Waals surface area contributed by atoms with Crippen molar-refractivity contribution in [1.29, 1.82) is 0 Å². The molecule has 4 atom stereocenters. The summed E-state index contributed by atoms with van der Waals surface area (Å²) < 4.78 is 62.1. The minimum Gasteiger partial charge on any atom is -0.463 e. The zero-order chi connectivity index (χ0) is 22.9. The zero-order valence-electron chi connectivity index (χ0n) is 16.6. The van der Waals surface area contributed by atoms with E-state index in [2.05, 4.69) is 10.3 Å². The Labute approximate surface area is 173 Å². The molecule has 0 saturated carbocycles. The third-order valence-corrected chi connectivity index (χ3v) is 4.39. The summed E-state index contributed by atoms with van der Waals surface area (Å²) in [4.78, 5) is 34.5. The van der Waals surface area contributed by atoms with Gasteiger partial charge in [0.1, 0.15) is 18.2 Å². The van der Waals surface area contributed by atoms with Crippen LogP contribution in [-0.4, -0.2) is 57.8 Å². The molecular formula is C18H18F3N3O7. The SMILES string of the molecule is CC(=O)OC[C@H]1O[C@@H](n2nnc3c(C(F)(F)F)cccc32)[C@H](OC(C)=O)[C@@H]1OC(C)=O. The summed E-state index contributed by atoms with van der Waals surface area (Å²) in [5.74, 6) is -2.13. The maximum atomic E-state index is 13.3. The van der Waals surface area contributed by atoms with E-state index in [1.807, 2.05) is 0 Å². The molecule has 0 spiro atoms. The first-order chi connectivity index (χ1) is 14.5. The van der Waals surface area contributed by atoms with Crippen molar-refractivity contribution in [2.24, 2.45) is 0 Å². The van der Waals surface area contributed by atoms with Gasteiger partial charge in [0.2, 0.25) is 0 Å². The van der Waals surface area contributed by atoms with Crippen LogP contribution in [0, 0.1) is 0 Å². The van der Waals surface area contributed by atoms with Gasteiger partial charge in [-0.05, 0) is 12.1 Å². The Kier molecular flexibility index (Phi) is 6.15.